The highest BCUT2D eigenvalue weighted by Gasteiger charge is 2.33. The number of aromatic nitrogens is 2. The number of nitrogens with zero attached hydrogens (tertiary/aromatic N) is 3. The van der Waals surface area contributed by atoms with E-state index >= 15 is 0 Å². The normalized spacial score (nSPS) is 19.8. The average Bonchev–Trinajstić information content (AvgIpc) is 3.30. The van der Waals surface area contributed by atoms with Crippen molar-refractivity contribution in [1.82, 2.24) is 15.0 Å². The molecule has 5 nitrogen and oxygen atoms in total. The van der Waals surface area contributed by atoms with E-state index in [1.54, 1.807) is 0 Å². The summed E-state index contributed by atoms with van der Waals surface area (Å²) < 4.78 is 5.49. The second kappa shape index (κ2) is 8.65. The fraction of sp³-hybridized carbons (Fsp3) is 0.333. The van der Waals surface area contributed by atoms with Crippen LogP contribution in [0, 0.1) is 12.8 Å². The molecule has 1 saturated heterocycles. The summed E-state index contributed by atoms with van der Waals surface area (Å²) in [6.07, 6.45) is 0. The molecule has 1 aliphatic heterocycles. The first-order valence-corrected chi connectivity index (χ1v) is 9.10. The van der Waals surface area contributed by atoms with Crippen LogP contribution >= 0.6 is 12.4 Å². The lowest BCUT2D eigenvalue weighted by Gasteiger charge is -2.16. The number of likely N-dealkylation sites (tertiary alicyclic amines) is 1. The van der Waals surface area contributed by atoms with Crippen LogP contribution in [0.3, 0.4) is 0 Å². The minimum Gasteiger partial charge on any atom is -0.334 e. The number of benzene rings is 2. The van der Waals surface area contributed by atoms with Crippen molar-refractivity contribution in [3.05, 3.63) is 71.5 Å². The highest BCUT2D eigenvalue weighted by Crippen LogP contribution is 2.32. The fourth-order valence-electron chi connectivity index (χ4n) is 3.85. The lowest BCUT2D eigenvalue weighted by atomic mass is 9.89. The molecule has 4 rings (SSSR count). The molecule has 0 aliphatic carbocycles. The monoisotopic (exact) mass is 384 g/mol. The molecule has 27 heavy (non-hydrogen) atoms. The summed E-state index contributed by atoms with van der Waals surface area (Å²) in [7, 11) is 0. The molecule has 2 atom stereocenters. The van der Waals surface area contributed by atoms with Gasteiger partial charge in [-0.2, -0.15) is 4.98 Å². The maximum Gasteiger partial charge on any atom is 0.258 e. The summed E-state index contributed by atoms with van der Waals surface area (Å²) in [5.41, 5.74) is 9.53. The SMILES string of the molecule is Cc1ccccc1-c1nc(CN2C[C@@H](CN)[C@H](c3ccccc3)C2)no1.Cl. The molecule has 142 valence electrons. The van der Waals surface area contributed by atoms with Crippen molar-refractivity contribution in [3.8, 4) is 11.5 Å². The Balaban J connectivity index is 0.00000210. The molecule has 2 aromatic carbocycles. The number of hydrogen-bond donors (Lipinski definition) is 1. The molecule has 0 spiro atoms. The zero-order valence-electron chi connectivity index (χ0n) is 15.4. The van der Waals surface area contributed by atoms with Gasteiger partial charge in [-0.3, -0.25) is 4.90 Å². The molecule has 0 bridgehead atoms. The summed E-state index contributed by atoms with van der Waals surface area (Å²) in [4.78, 5) is 6.98. The van der Waals surface area contributed by atoms with Gasteiger partial charge < -0.3 is 10.3 Å². The van der Waals surface area contributed by atoms with Gasteiger partial charge in [0.2, 0.25) is 0 Å². The van der Waals surface area contributed by atoms with E-state index in [0.29, 0.717) is 30.8 Å². The second-order valence-corrected chi connectivity index (χ2v) is 7.04. The maximum absolute atomic E-state index is 6.04. The van der Waals surface area contributed by atoms with Gasteiger partial charge in [-0.25, -0.2) is 0 Å². The van der Waals surface area contributed by atoms with E-state index < -0.39 is 0 Å². The van der Waals surface area contributed by atoms with Crippen LogP contribution in [0.1, 0.15) is 22.9 Å². The lowest BCUT2D eigenvalue weighted by Crippen LogP contribution is -2.23. The number of hydrogen-bond acceptors (Lipinski definition) is 5. The van der Waals surface area contributed by atoms with E-state index in [1.807, 2.05) is 18.2 Å². The van der Waals surface area contributed by atoms with E-state index in [1.165, 1.54) is 5.56 Å². The molecule has 2 heterocycles. The molecule has 0 unspecified atom stereocenters. The van der Waals surface area contributed by atoms with Crippen LogP contribution < -0.4 is 5.73 Å². The molecule has 0 amide bonds. The Morgan fingerprint density at radius 2 is 1.81 bits per heavy atom. The van der Waals surface area contributed by atoms with Crippen LogP contribution in [0.15, 0.2) is 59.1 Å². The molecule has 1 aromatic heterocycles. The minimum absolute atomic E-state index is 0. The van der Waals surface area contributed by atoms with Crippen molar-refractivity contribution in [2.45, 2.75) is 19.4 Å². The quantitative estimate of drug-likeness (QED) is 0.727. The highest BCUT2D eigenvalue weighted by molar-refractivity contribution is 5.85. The Morgan fingerprint density at radius 1 is 1.07 bits per heavy atom. The third-order valence-electron chi connectivity index (χ3n) is 5.26. The van der Waals surface area contributed by atoms with Gasteiger partial charge in [0.15, 0.2) is 5.82 Å². The third kappa shape index (κ3) is 4.21. The van der Waals surface area contributed by atoms with E-state index in [-0.39, 0.29) is 12.4 Å². The van der Waals surface area contributed by atoms with Crippen LogP contribution in [-0.4, -0.2) is 34.7 Å². The van der Waals surface area contributed by atoms with Gasteiger partial charge in [0.1, 0.15) is 0 Å². The van der Waals surface area contributed by atoms with Crippen molar-refractivity contribution in [2.75, 3.05) is 19.6 Å². The third-order valence-corrected chi connectivity index (χ3v) is 5.26. The van der Waals surface area contributed by atoms with Crippen molar-refractivity contribution in [1.29, 1.82) is 0 Å². The second-order valence-electron chi connectivity index (χ2n) is 7.04. The Hall–Kier alpha value is -2.21. The molecule has 2 N–H and O–H groups in total. The Bertz CT molecular complexity index is 867. The maximum atomic E-state index is 6.04. The Labute approximate surface area is 166 Å². The van der Waals surface area contributed by atoms with Gasteiger partial charge in [-0.15, -0.1) is 12.4 Å². The van der Waals surface area contributed by atoms with Crippen LogP contribution in [0.25, 0.3) is 11.5 Å². The lowest BCUT2D eigenvalue weighted by molar-refractivity contribution is 0.300. The molecular weight excluding hydrogens is 360 g/mol. The summed E-state index contributed by atoms with van der Waals surface area (Å²) in [6, 6.07) is 18.7. The molecule has 1 aliphatic rings. The standard InChI is InChI=1S/C21H24N4O.ClH/c1-15-7-5-6-10-18(15)21-23-20(24-26-21)14-25-12-17(11-22)19(13-25)16-8-3-2-4-9-16;/h2-10,17,19H,11-14,22H2,1H3;1H/t17-,19+;/m1./s1. The first kappa shape index (κ1) is 19.5. The average molecular weight is 385 g/mol. The molecule has 1 fully saturated rings. The fourth-order valence-corrected chi connectivity index (χ4v) is 3.85. The highest BCUT2D eigenvalue weighted by atomic mass is 35.5. The van der Waals surface area contributed by atoms with E-state index in [0.717, 1.165) is 30.0 Å². The van der Waals surface area contributed by atoms with Gasteiger partial charge in [-0.05, 0) is 36.6 Å². The Kier molecular flexibility index (Phi) is 6.26. The molecule has 0 radical (unpaired) electrons. The summed E-state index contributed by atoms with van der Waals surface area (Å²) in [6.45, 7) is 5.37. The first-order valence-electron chi connectivity index (χ1n) is 9.10. The number of rotatable bonds is 5. The predicted molar refractivity (Wildman–Crippen MR) is 109 cm³/mol. The minimum atomic E-state index is 0. The molecule has 6 heteroatoms. The predicted octanol–water partition coefficient (Wildman–Crippen LogP) is 3.64. The zero-order chi connectivity index (χ0) is 17.9. The van der Waals surface area contributed by atoms with Crippen LogP contribution in [0.5, 0.6) is 0 Å². The smallest absolute Gasteiger partial charge is 0.258 e. The molecule has 3 aromatic rings. The first-order chi connectivity index (χ1) is 12.7. The van der Waals surface area contributed by atoms with Crippen LogP contribution in [0.2, 0.25) is 0 Å². The van der Waals surface area contributed by atoms with Crippen LogP contribution in [-0.2, 0) is 6.54 Å². The van der Waals surface area contributed by atoms with Crippen molar-refractivity contribution < 1.29 is 4.52 Å². The number of nitrogens with two attached hydrogens (primary N) is 1. The van der Waals surface area contributed by atoms with Gasteiger partial charge in [-0.1, -0.05) is 53.7 Å². The van der Waals surface area contributed by atoms with Crippen molar-refractivity contribution in [3.63, 3.8) is 0 Å². The van der Waals surface area contributed by atoms with E-state index in [4.69, 9.17) is 10.3 Å². The Morgan fingerprint density at radius 3 is 2.56 bits per heavy atom. The summed E-state index contributed by atoms with van der Waals surface area (Å²) in [5, 5.41) is 4.19. The van der Waals surface area contributed by atoms with Gasteiger partial charge in [0.05, 0.1) is 6.54 Å². The summed E-state index contributed by atoms with van der Waals surface area (Å²) in [5.74, 6) is 2.24. The van der Waals surface area contributed by atoms with Gasteiger partial charge in [0.25, 0.3) is 5.89 Å². The van der Waals surface area contributed by atoms with E-state index in [2.05, 4.69) is 58.4 Å². The molecular formula is C21H25ClN4O. The van der Waals surface area contributed by atoms with Gasteiger partial charge in [0, 0.05) is 24.6 Å². The zero-order valence-corrected chi connectivity index (χ0v) is 16.2. The summed E-state index contributed by atoms with van der Waals surface area (Å²) >= 11 is 0. The number of halogens is 1. The van der Waals surface area contributed by atoms with Crippen LogP contribution in [0.4, 0.5) is 0 Å². The largest absolute Gasteiger partial charge is 0.334 e. The van der Waals surface area contributed by atoms with E-state index in [9.17, 15) is 0 Å². The molecule has 0 saturated carbocycles. The van der Waals surface area contributed by atoms with Crippen molar-refractivity contribution in [2.24, 2.45) is 11.7 Å². The topological polar surface area (TPSA) is 68.2 Å². The number of aryl methyl sites for hydroxylation is 1. The van der Waals surface area contributed by atoms with Gasteiger partial charge >= 0.3 is 0 Å². The van der Waals surface area contributed by atoms with Crippen molar-refractivity contribution >= 4 is 12.4 Å².